The minimum atomic E-state index is -0.505. The molecule has 0 aliphatic carbocycles. The number of hydrogen-bond acceptors (Lipinski definition) is 4. The van der Waals surface area contributed by atoms with Gasteiger partial charge in [-0.3, -0.25) is 4.79 Å². The summed E-state index contributed by atoms with van der Waals surface area (Å²) in [4.78, 5) is 32.0. The number of carbonyl (C=O) groups excluding carboxylic acids is 2. The maximum atomic E-state index is 14.0. The first kappa shape index (κ1) is 25.1. The zero-order valence-electron chi connectivity index (χ0n) is 20.0. The van der Waals surface area contributed by atoms with Crippen LogP contribution in [0.1, 0.15) is 46.5 Å². The number of carbonyl (C=O) groups is 2. The van der Waals surface area contributed by atoms with Crippen LogP contribution in [-0.2, 0) is 6.54 Å². The van der Waals surface area contributed by atoms with E-state index in [2.05, 4.69) is 15.6 Å². The second-order valence-electron chi connectivity index (χ2n) is 8.49. The number of hydrogen-bond donors (Lipinski definition) is 2. The van der Waals surface area contributed by atoms with Gasteiger partial charge < -0.3 is 15.5 Å². The van der Waals surface area contributed by atoms with Crippen LogP contribution in [0.3, 0.4) is 0 Å². The number of rotatable bonds is 8. The molecule has 1 aromatic heterocycles. The van der Waals surface area contributed by atoms with E-state index in [0.717, 1.165) is 11.1 Å². The van der Waals surface area contributed by atoms with Crippen molar-refractivity contribution in [2.45, 2.75) is 32.5 Å². The molecule has 0 bridgehead atoms. The lowest BCUT2D eigenvalue weighted by Crippen LogP contribution is -2.39. The molecule has 4 aromatic rings. The smallest absolute Gasteiger partial charge is 0.322 e. The molecular formula is C28H27FN4O2S. The number of thiazole rings is 1. The summed E-state index contributed by atoms with van der Waals surface area (Å²) in [6.07, 6.45) is 0. The molecule has 2 N–H and O–H groups in total. The third-order valence-electron chi connectivity index (χ3n) is 5.63. The van der Waals surface area contributed by atoms with Crippen molar-refractivity contribution < 1.29 is 14.0 Å². The molecule has 0 aliphatic rings. The van der Waals surface area contributed by atoms with Crippen LogP contribution in [0.15, 0.2) is 90.3 Å². The predicted octanol–water partition coefficient (Wildman–Crippen LogP) is 6.24. The molecule has 184 valence electrons. The van der Waals surface area contributed by atoms with Gasteiger partial charge in [-0.05, 0) is 37.1 Å². The average Bonchev–Trinajstić information content (AvgIpc) is 3.37. The fraction of sp³-hybridized carbons (Fsp3) is 0.179. The van der Waals surface area contributed by atoms with Gasteiger partial charge in [0.25, 0.3) is 5.91 Å². The second-order valence-corrected chi connectivity index (χ2v) is 9.43. The van der Waals surface area contributed by atoms with Gasteiger partial charge in [0.2, 0.25) is 0 Å². The first-order valence-corrected chi connectivity index (χ1v) is 12.5. The van der Waals surface area contributed by atoms with Crippen molar-refractivity contribution in [2.75, 3.05) is 5.32 Å². The molecular weight excluding hydrogens is 475 g/mol. The summed E-state index contributed by atoms with van der Waals surface area (Å²) in [6, 6.07) is 24.6. The van der Waals surface area contributed by atoms with Crippen molar-refractivity contribution in [3.05, 3.63) is 118 Å². The van der Waals surface area contributed by atoms with Crippen molar-refractivity contribution in [1.82, 2.24) is 15.2 Å². The number of nitrogens with one attached hydrogen (secondary N) is 2. The van der Waals surface area contributed by atoms with Gasteiger partial charge >= 0.3 is 6.03 Å². The molecule has 0 unspecified atom stereocenters. The molecule has 0 fully saturated rings. The zero-order valence-corrected chi connectivity index (χ0v) is 20.8. The Bertz CT molecular complexity index is 1270. The van der Waals surface area contributed by atoms with Crippen LogP contribution in [0.25, 0.3) is 0 Å². The molecule has 36 heavy (non-hydrogen) atoms. The van der Waals surface area contributed by atoms with E-state index in [-0.39, 0.29) is 35.9 Å². The van der Waals surface area contributed by atoms with Gasteiger partial charge in [0.1, 0.15) is 16.5 Å². The monoisotopic (exact) mass is 502 g/mol. The number of halogens is 1. The Labute approximate surface area is 213 Å². The highest BCUT2D eigenvalue weighted by molar-refractivity contribution is 7.09. The molecule has 0 saturated carbocycles. The van der Waals surface area contributed by atoms with Crippen LogP contribution in [0, 0.1) is 5.82 Å². The van der Waals surface area contributed by atoms with E-state index >= 15 is 0 Å². The molecule has 0 aliphatic heterocycles. The highest BCUT2D eigenvalue weighted by atomic mass is 32.1. The highest BCUT2D eigenvalue weighted by Gasteiger charge is 2.23. The lowest BCUT2D eigenvalue weighted by atomic mass is 9.98. The summed E-state index contributed by atoms with van der Waals surface area (Å²) in [7, 11) is 0. The van der Waals surface area contributed by atoms with Crippen LogP contribution >= 0.6 is 11.3 Å². The molecule has 4 rings (SSSR count). The maximum Gasteiger partial charge on any atom is 0.322 e. The number of aromatic nitrogens is 1. The van der Waals surface area contributed by atoms with Crippen LogP contribution in [0.4, 0.5) is 14.9 Å². The number of urea groups is 1. The van der Waals surface area contributed by atoms with Crippen molar-refractivity contribution in [1.29, 1.82) is 0 Å². The molecule has 0 saturated heterocycles. The van der Waals surface area contributed by atoms with Gasteiger partial charge in [0.05, 0.1) is 18.3 Å². The van der Waals surface area contributed by atoms with E-state index in [1.165, 1.54) is 23.5 Å². The molecule has 8 heteroatoms. The second kappa shape index (κ2) is 11.6. The molecule has 3 aromatic carbocycles. The van der Waals surface area contributed by atoms with Gasteiger partial charge in [-0.1, -0.05) is 72.8 Å². The first-order chi connectivity index (χ1) is 17.4. The SMILES string of the molecule is CC(C)N(Cc1nc(C(=O)NC(c2ccccc2)c2ccccc2)cs1)C(=O)Nc1ccccc1F. The normalized spacial score (nSPS) is 10.9. The fourth-order valence-corrected chi connectivity index (χ4v) is 4.50. The van der Waals surface area contributed by atoms with E-state index in [4.69, 9.17) is 0 Å². The molecule has 1 heterocycles. The van der Waals surface area contributed by atoms with E-state index in [0.29, 0.717) is 5.01 Å². The number of anilines is 1. The number of amides is 3. The van der Waals surface area contributed by atoms with Crippen LogP contribution in [0.2, 0.25) is 0 Å². The Morgan fingerprint density at radius 3 is 2.08 bits per heavy atom. The maximum absolute atomic E-state index is 14.0. The third kappa shape index (κ3) is 6.14. The van der Waals surface area contributed by atoms with Crippen molar-refractivity contribution in [2.24, 2.45) is 0 Å². The van der Waals surface area contributed by atoms with Crippen molar-refractivity contribution >= 4 is 29.0 Å². The highest BCUT2D eigenvalue weighted by Crippen LogP contribution is 2.23. The Morgan fingerprint density at radius 1 is 0.917 bits per heavy atom. The van der Waals surface area contributed by atoms with Gasteiger partial charge in [-0.25, -0.2) is 14.2 Å². The van der Waals surface area contributed by atoms with Crippen molar-refractivity contribution in [3.63, 3.8) is 0 Å². The summed E-state index contributed by atoms with van der Waals surface area (Å²) in [5.41, 5.74) is 2.32. The molecule has 3 amide bonds. The number of benzene rings is 3. The summed E-state index contributed by atoms with van der Waals surface area (Å²) in [5.74, 6) is -0.809. The predicted molar refractivity (Wildman–Crippen MR) is 140 cm³/mol. The Kier molecular flexibility index (Phi) is 8.07. The lowest BCUT2D eigenvalue weighted by molar-refractivity contribution is 0.0938. The third-order valence-corrected chi connectivity index (χ3v) is 6.46. The number of nitrogens with zero attached hydrogens (tertiary/aromatic N) is 2. The molecule has 0 spiro atoms. The molecule has 0 radical (unpaired) electrons. The van der Waals surface area contributed by atoms with Gasteiger partial charge in [0, 0.05) is 11.4 Å². The Balaban J connectivity index is 1.48. The van der Waals surface area contributed by atoms with E-state index in [1.807, 2.05) is 74.5 Å². The minimum absolute atomic E-state index is 0.111. The Hall–Kier alpha value is -4.04. The lowest BCUT2D eigenvalue weighted by Gasteiger charge is -2.26. The zero-order chi connectivity index (χ0) is 25.5. The average molecular weight is 503 g/mol. The summed E-state index contributed by atoms with van der Waals surface area (Å²) < 4.78 is 14.0. The fourth-order valence-electron chi connectivity index (χ4n) is 3.73. The van der Waals surface area contributed by atoms with Crippen molar-refractivity contribution in [3.8, 4) is 0 Å². The van der Waals surface area contributed by atoms with Crippen LogP contribution in [-0.4, -0.2) is 27.9 Å². The van der Waals surface area contributed by atoms with Crippen LogP contribution in [0.5, 0.6) is 0 Å². The van der Waals surface area contributed by atoms with E-state index < -0.39 is 11.8 Å². The first-order valence-electron chi connectivity index (χ1n) is 11.6. The van der Waals surface area contributed by atoms with Gasteiger partial charge in [0.15, 0.2) is 0 Å². The van der Waals surface area contributed by atoms with Gasteiger partial charge in [-0.2, -0.15) is 0 Å². The largest absolute Gasteiger partial charge is 0.340 e. The van der Waals surface area contributed by atoms with E-state index in [9.17, 15) is 14.0 Å². The standard InChI is InChI=1S/C28H27FN4O2S/c1-19(2)33(28(35)31-23-16-10-9-15-22(23)29)17-25-30-24(18-36-25)27(34)32-26(20-11-5-3-6-12-20)21-13-7-4-8-14-21/h3-16,18-19,26H,17H2,1-2H3,(H,31,35)(H,32,34). The summed E-state index contributed by atoms with van der Waals surface area (Å²) >= 11 is 1.30. The quantitative estimate of drug-likeness (QED) is 0.299. The van der Waals surface area contributed by atoms with Crippen LogP contribution < -0.4 is 10.6 Å². The Morgan fingerprint density at radius 2 is 1.50 bits per heavy atom. The van der Waals surface area contributed by atoms with Gasteiger partial charge in [-0.15, -0.1) is 11.3 Å². The number of para-hydroxylation sites is 1. The van der Waals surface area contributed by atoms with E-state index in [1.54, 1.807) is 22.4 Å². The summed E-state index contributed by atoms with van der Waals surface area (Å²) in [5, 5.41) is 7.99. The molecule has 6 nitrogen and oxygen atoms in total. The molecule has 0 atom stereocenters. The summed E-state index contributed by atoms with van der Waals surface area (Å²) in [6.45, 7) is 3.93. The topological polar surface area (TPSA) is 74.3 Å². The minimum Gasteiger partial charge on any atom is -0.340 e.